The van der Waals surface area contributed by atoms with Gasteiger partial charge in [-0.25, -0.2) is 0 Å². The number of nitrogens with zero attached hydrogens (tertiary/aromatic N) is 2. The molecule has 0 saturated carbocycles. The number of hydrogen-bond donors (Lipinski definition) is 0. The topological polar surface area (TPSA) is 44.2 Å². The van der Waals surface area contributed by atoms with Gasteiger partial charge in [0.1, 0.15) is 17.2 Å². The minimum Gasteiger partial charge on any atom is -0.497 e. The average molecular weight is 403 g/mol. The van der Waals surface area contributed by atoms with E-state index < -0.39 is 0 Å². The van der Waals surface area contributed by atoms with Gasteiger partial charge in [-0.15, -0.1) is 10.2 Å². The summed E-state index contributed by atoms with van der Waals surface area (Å²) >= 11 is 6.09. The van der Waals surface area contributed by atoms with Gasteiger partial charge in [0.2, 0.25) is 0 Å². The largest absolute Gasteiger partial charge is 0.497 e. The third kappa shape index (κ3) is 4.08. The first-order chi connectivity index (χ1) is 14.2. The van der Waals surface area contributed by atoms with E-state index in [1.54, 1.807) is 14.2 Å². The lowest BCUT2D eigenvalue weighted by atomic mass is 9.98. The minimum absolute atomic E-state index is 0.692. The van der Waals surface area contributed by atoms with Crippen LogP contribution in [-0.2, 0) is 0 Å². The first-order valence-electron chi connectivity index (χ1n) is 9.10. The average Bonchev–Trinajstić information content (AvgIpc) is 2.79. The second kappa shape index (κ2) is 8.33. The molecule has 0 fully saturated rings. The zero-order valence-corrected chi connectivity index (χ0v) is 16.9. The van der Waals surface area contributed by atoms with Crippen molar-refractivity contribution in [3.05, 3.63) is 83.9 Å². The van der Waals surface area contributed by atoms with Gasteiger partial charge in [0, 0.05) is 21.7 Å². The number of halogens is 1. The monoisotopic (exact) mass is 402 g/mol. The van der Waals surface area contributed by atoms with E-state index in [-0.39, 0.29) is 0 Å². The standard InChI is InChI=1S/C24H19ClN2O2/c1-28-20-11-5-17(6-12-20)23-15-22(16-3-9-19(25)10-4-16)24(27-26-23)18-7-13-21(29-2)14-8-18/h3-15H,1-2H3. The molecule has 0 unspecified atom stereocenters. The van der Waals surface area contributed by atoms with Gasteiger partial charge in [0.15, 0.2) is 0 Å². The smallest absolute Gasteiger partial charge is 0.118 e. The molecule has 4 aromatic rings. The molecule has 4 nitrogen and oxygen atoms in total. The van der Waals surface area contributed by atoms with Crippen LogP contribution in [-0.4, -0.2) is 24.4 Å². The van der Waals surface area contributed by atoms with E-state index in [9.17, 15) is 0 Å². The molecular weight excluding hydrogens is 384 g/mol. The molecule has 0 saturated heterocycles. The lowest BCUT2D eigenvalue weighted by Gasteiger charge is -2.12. The Balaban J connectivity index is 1.84. The summed E-state index contributed by atoms with van der Waals surface area (Å²) in [6.07, 6.45) is 0. The molecule has 144 valence electrons. The van der Waals surface area contributed by atoms with E-state index in [1.807, 2.05) is 72.8 Å². The Bertz CT molecular complexity index is 1110. The van der Waals surface area contributed by atoms with Crippen LogP contribution >= 0.6 is 11.6 Å². The molecule has 1 aromatic heterocycles. The number of benzene rings is 3. The van der Waals surface area contributed by atoms with Gasteiger partial charge in [-0.1, -0.05) is 23.7 Å². The third-order valence-corrected chi connectivity index (χ3v) is 4.95. The van der Waals surface area contributed by atoms with Gasteiger partial charge >= 0.3 is 0 Å². The maximum Gasteiger partial charge on any atom is 0.118 e. The Morgan fingerprint density at radius 1 is 0.621 bits per heavy atom. The Morgan fingerprint density at radius 2 is 1.14 bits per heavy atom. The zero-order valence-electron chi connectivity index (χ0n) is 16.1. The minimum atomic E-state index is 0.692. The number of hydrogen-bond acceptors (Lipinski definition) is 4. The molecule has 0 atom stereocenters. The van der Waals surface area contributed by atoms with Gasteiger partial charge < -0.3 is 9.47 Å². The van der Waals surface area contributed by atoms with Crippen molar-refractivity contribution in [3.63, 3.8) is 0 Å². The fourth-order valence-corrected chi connectivity index (χ4v) is 3.23. The molecule has 5 heteroatoms. The van der Waals surface area contributed by atoms with E-state index >= 15 is 0 Å². The summed E-state index contributed by atoms with van der Waals surface area (Å²) in [6, 6.07) is 25.4. The number of methoxy groups -OCH3 is 2. The predicted molar refractivity (Wildman–Crippen MR) is 116 cm³/mol. The molecule has 0 N–H and O–H groups in total. The first-order valence-corrected chi connectivity index (χ1v) is 9.48. The second-order valence-electron chi connectivity index (χ2n) is 6.46. The van der Waals surface area contributed by atoms with E-state index in [0.717, 1.165) is 45.1 Å². The van der Waals surface area contributed by atoms with Crippen LogP contribution in [0.4, 0.5) is 0 Å². The molecule has 0 spiro atoms. The lowest BCUT2D eigenvalue weighted by molar-refractivity contribution is 0.414. The number of ether oxygens (including phenoxy) is 2. The van der Waals surface area contributed by atoms with Crippen LogP contribution < -0.4 is 9.47 Å². The number of aromatic nitrogens is 2. The van der Waals surface area contributed by atoms with Crippen molar-refractivity contribution >= 4 is 11.6 Å². The van der Waals surface area contributed by atoms with Crippen LogP contribution in [0.25, 0.3) is 33.6 Å². The van der Waals surface area contributed by atoms with Crippen LogP contribution in [0.3, 0.4) is 0 Å². The van der Waals surface area contributed by atoms with Crippen LogP contribution in [0, 0.1) is 0 Å². The van der Waals surface area contributed by atoms with Crippen molar-refractivity contribution in [3.8, 4) is 45.1 Å². The van der Waals surface area contributed by atoms with Crippen molar-refractivity contribution in [2.24, 2.45) is 0 Å². The Kier molecular flexibility index (Phi) is 5.45. The van der Waals surface area contributed by atoms with Crippen molar-refractivity contribution < 1.29 is 9.47 Å². The molecule has 1 heterocycles. The normalized spacial score (nSPS) is 10.6. The van der Waals surface area contributed by atoms with Crippen LogP contribution in [0.5, 0.6) is 11.5 Å². The van der Waals surface area contributed by atoms with Crippen LogP contribution in [0.1, 0.15) is 0 Å². The number of rotatable bonds is 5. The molecule has 4 rings (SSSR count). The van der Waals surface area contributed by atoms with Crippen molar-refractivity contribution in [2.75, 3.05) is 14.2 Å². The third-order valence-electron chi connectivity index (χ3n) is 4.70. The lowest BCUT2D eigenvalue weighted by Crippen LogP contribution is -1.96. The highest BCUT2D eigenvalue weighted by molar-refractivity contribution is 6.30. The molecule has 3 aromatic carbocycles. The highest BCUT2D eigenvalue weighted by Crippen LogP contribution is 2.34. The summed E-state index contributed by atoms with van der Waals surface area (Å²) in [5.41, 5.74) is 5.51. The van der Waals surface area contributed by atoms with E-state index in [2.05, 4.69) is 16.3 Å². The van der Waals surface area contributed by atoms with E-state index in [1.165, 1.54) is 0 Å². The molecule has 0 amide bonds. The zero-order chi connectivity index (χ0) is 20.2. The van der Waals surface area contributed by atoms with Gasteiger partial charge in [-0.3, -0.25) is 0 Å². The summed E-state index contributed by atoms with van der Waals surface area (Å²) in [5.74, 6) is 1.60. The Labute approximate surface area is 174 Å². The highest BCUT2D eigenvalue weighted by Gasteiger charge is 2.13. The fraction of sp³-hybridized carbons (Fsp3) is 0.0833. The SMILES string of the molecule is COc1ccc(-c2cc(-c3ccc(Cl)cc3)c(-c3ccc(OC)cc3)nn2)cc1. The maximum absolute atomic E-state index is 6.09. The fourth-order valence-electron chi connectivity index (χ4n) is 3.11. The first kappa shape index (κ1) is 19.0. The van der Waals surface area contributed by atoms with Crippen molar-refractivity contribution in [1.82, 2.24) is 10.2 Å². The van der Waals surface area contributed by atoms with Gasteiger partial charge in [0.25, 0.3) is 0 Å². The highest BCUT2D eigenvalue weighted by atomic mass is 35.5. The molecule has 0 aliphatic rings. The van der Waals surface area contributed by atoms with Crippen molar-refractivity contribution in [2.45, 2.75) is 0 Å². The maximum atomic E-state index is 6.09. The van der Waals surface area contributed by atoms with Gasteiger partial charge in [-0.2, -0.15) is 0 Å². The summed E-state index contributed by atoms with van der Waals surface area (Å²) in [5, 5.41) is 9.74. The molecule has 0 bridgehead atoms. The van der Waals surface area contributed by atoms with Gasteiger partial charge in [-0.05, 0) is 72.3 Å². The molecule has 0 radical (unpaired) electrons. The Morgan fingerprint density at radius 3 is 1.69 bits per heavy atom. The predicted octanol–water partition coefficient (Wildman–Crippen LogP) is 6.15. The molecule has 0 aliphatic carbocycles. The van der Waals surface area contributed by atoms with Crippen LogP contribution in [0.15, 0.2) is 78.9 Å². The van der Waals surface area contributed by atoms with Crippen LogP contribution in [0.2, 0.25) is 5.02 Å². The van der Waals surface area contributed by atoms with E-state index in [0.29, 0.717) is 5.02 Å². The van der Waals surface area contributed by atoms with E-state index in [4.69, 9.17) is 21.1 Å². The molecule has 29 heavy (non-hydrogen) atoms. The summed E-state index contributed by atoms with van der Waals surface area (Å²) < 4.78 is 10.5. The van der Waals surface area contributed by atoms with Crippen molar-refractivity contribution in [1.29, 1.82) is 0 Å². The summed E-state index contributed by atoms with van der Waals surface area (Å²) in [7, 11) is 3.30. The summed E-state index contributed by atoms with van der Waals surface area (Å²) in [6.45, 7) is 0. The Hall–Kier alpha value is -3.37. The van der Waals surface area contributed by atoms with Gasteiger partial charge in [0.05, 0.1) is 19.9 Å². The second-order valence-corrected chi connectivity index (χ2v) is 6.89. The quantitative estimate of drug-likeness (QED) is 0.401. The summed E-state index contributed by atoms with van der Waals surface area (Å²) in [4.78, 5) is 0. The molecular formula is C24H19ClN2O2. The molecule has 0 aliphatic heterocycles.